The van der Waals surface area contributed by atoms with Gasteiger partial charge in [-0.3, -0.25) is 4.98 Å². The summed E-state index contributed by atoms with van der Waals surface area (Å²) in [7, 11) is 0. The second-order valence-corrected chi connectivity index (χ2v) is 5.67. The number of halogens is 1. The minimum Gasteiger partial charge on any atom is -0.490 e. The van der Waals surface area contributed by atoms with Crippen molar-refractivity contribution in [2.45, 2.75) is 13.5 Å². The van der Waals surface area contributed by atoms with Crippen molar-refractivity contribution in [2.75, 3.05) is 19.7 Å². The van der Waals surface area contributed by atoms with E-state index in [-0.39, 0.29) is 24.0 Å². The number of oxazole rings is 1. The molecule has 0 radical (unpaired) electrons. The lowest BCUT2D eigenvalue weighted by Crippen LogP contribution is -2.39. The van der Waals surface area contributed by atoms with Crippen LogP contribution in [0.2, 0.25) is 0 Å². The van der Waals surface area contributed by atoms with Crippen LogP contribution < -0.4 is 15.4 Å². The largest absolute Gasteiger partial charge is 0.490 e. The topological polar surface area (TPSA) is 84.6 Å². The summed E-state index contributed by atoms with van der Waals surface area (Å²) in [6.07, 6.45) is 5.04. The normalized spacial score (nSPS) is 10.8. The summed E-state index contributed by atoms with van der Waals surface area (Å²) in [5.41, 5.74) is 1.72. The number of hydrogen-bond donors (Lipinski definition) is 2. The number of aromatic nitrogens is 2. The second-order valence-electron chi connectivity index (χ2n) is 5.67. The number of guanidine groups is 1. The predicted molar refractivity (Wildman–Crippen MR) is 120 cm³/mol. The molecule has 28 heavy (non-hydrogen) atoms. The molecule has 0 atom stereocenters. The van der Waals surface area contributed by atoms with Gasteiger partial charge in [0.05, 0.1) is 19.3 Å². The van der Waals surface area contributed by atoms with Crippen molar-refractivity contribution < 1.29 is 9.15 Å². The molecule has 0 aliphatic carbocycles. The van der Waals surface area contributed by atoms with E-state index in [0.29, 0.717) is 31.5 Å². The molecule has 3 aromatic rings. The van der Waals surface area contributed by atoms with Crippen LogP contribution in [0.15, 0.2) is 70.5 Å². The summed E-state index contributed by atoms with van der Waals surface area (Å²) in [5.74, 6) is 2.05. The molecule has 0 unspecified atom stereocenters. The number of ether oxygens (including phenoxy) is 1. The lowest BCUT2D eigenvalue weighted by molar-refractivity contribution is 0.320. The lowest BCUT2D eigenvalue weighted by Gasteiger charge is -2.11. The van der Waals surface area contributed by atoms with E-state index in [0.717, 1.165) is 23.6 Å². The third-order valence-corrected chi connectivity index (χ3v) is 3.61. The highest BCUT2D eigenvalue weighted by atomic mass is 127. The minimum absolute atomic E-state index is 0. The van der Waals surface area contributed by atoms with Gasteiger partial charge in [-0.15, -0.1) is 24.0 Å². The van der Waals surface area contributed by atoms with Crippen LogP contribution in [0.25, 0.3) is 11.5 Å². The highest BCUT2D eigenvalue weighted by molar-refractivity contribution is 14.0. The molecular formula is C20H24IN5O2. The van der Waals surface area contributed by atoms with Gasteiger partial charge in [0, 0.05) is 18.3 Å². The molecule has 1 aromatic carbocycles. The van der Waals surface area contributed by atoms with Gasteiger partial charge in [-0.25, -0.2) is 9.98 Å². The molecule has 0 saturated heterocycles. The molecule has 0 spiro atoms. The van der Waals surface area contributed by atoms with Crippen LogP contribution in [0.5, 0.6) is 5.75 Å². The standard InChI is InChI=1S/C20H23N5O2.HI/c1-2-22-20(23-11-12-26-18-9-6-10-21-14-18)24-13-17-15-27-19(25-17)16-7-4-3-5-8-16;/h3-10,14-15H,2,11-13H2,1H3,(H2,22,23,24);1H. The first-order chi connectivity index (χ1) is 13.3. The van der Waals surface area contributed by atoms with E-state index in [9.17, 15) is 0 Å². The fourth-order valence-electron chi connectivity index (χ4n) is 2.37. The number of rotatable bonds is 8. The van der Waals surface area contributed by atoms with Crippen molar-refractivity contribution >= 4 is 29.9 Å². The molecule has 8 heteroatoms. The Morgan fingerprint density at radius 1 is 1.14 bits per heavy atom. The van der Waals surface area contributed by atoms with Crippen LogP contribution >= 0.6 is 24.0 Å². The Balaban J connectivity index is 0.00000280. The van der Waals surface area contributed by atoms with Crippen molar-refractivity contribution in [3.05, 3.63) is 66.8 Å². The Morgan fingerprint density at radius 3 is 2.75 bits per heavy atom. The molecule has 2 heterocycles. The molecule has 0 aliphatic heterocycles. The molecular weight excluding hydrogens is 469 g/mol. The fraction of sp³-hybridized carbons (Fsp3) is 0.250. The predicted octanol–water partition coefficient (Wildman–Crippen LogP) is 3.49. The molecule has 2 N–H and O–H groups in total. The molecule has 2 aromatic heterocycles. The van der Waals surface area contributed by atoms with Crippen LogP contribution in [0.1, 0.15) is 12.6 Å². The lowest BCUT2D eigenvalue weighted by atomic mass is 10.2. The van der Waals surface area contributed by atoms with Gasteiger partial charge in [0.15, 0.2) is 5.96 Å². The van der Waals surface area contributed by atoms with Crippen LogP contribution in [0, 0.1) is 0 Å². The molecule has 148 valence electrons. The van der Waals surface area contributed by atoms with Crippen molar-refractivity contribution in [1.29, 1.82) is 0 Å². The van der Waals surface area contributed by atoms with E-state index >= 15 is 0 Å². The zero-order chi connectivity index (χ0) is 18.7. The van der Waals surface area contributed by atoms with E-state index in [1.54, 1.807) is 18.7 Å². The third kappa shape index (κ3) is 6.84. The zero-order valence-electron chi connectivity index (χ0n) is 15.7. The summed E-state index contributed by atoms with van der Waals surface area (Å²) in [6, 6.07) is 13.5. The summed E-state index contributed by atoms with van der Waals surface area (Å²) in [6.45, 7) is 4.35. The van der Waals surface area contributed by atoms with Gasteiger partial charge >= 0.3 is 0 Å². The summed E-state index contributed by atoms with van der Waals surface area (Å²) in [4.78, 5) is 13.0. The van der Waals surface area contributed by atoms with E-state index in [2.05, 4.69) is 25.6 Å². The van der Waals surface area contributed by atoms with Gasteiger partial charge in [0.2, 0.25) is 5.89 Å². The second kappa shape index (κ2) is 12.0. The molecule has 7 nitrogen and oxygen atoms in total. The fourth-order valence-corrected chi connectivity index (χ4v) is 2.37. The number of nitrogens with one attached hydrogen (secondary N) is 2. The van der Waals surface area contributed by atoms with Gasteiger partial charge in [-0.05, 0) is 31.2 Å². The molecule has 0 saturated carbocycles. The van der Waals surface area contributed by atoms with Gasteiger partial charge in [-0.1, -0.05) is 18.2 Å². The van der Waals surface area contributed by atoms with Crippen LogP contribution in [0.4, 0.5) is 0 Å². The number of benzene rings is 1. The number of nitrogens with zero attached hydrogens (tertiary/aromatic N) is 3. The maximum atomic E-state index is 5.61. The van der Waals surface area contributed by atoms with Crippen molar-refractivity contribution in [1.82, 2.24) is 20.6 Å². The Hall–Kier alpha value is -2.62. The highest BCUT2D eigenvalue weighted by Gasteiger charge is 2.06. The van der Waals surface area contributed by atoms with E-state index in [4.69, 9.17) is 9.15 Å². The van der Waals surface area contributed by atoms with Crippen LogP contribution in [-0.2, 0) is 6.54 Å². The maximum Gasteiger partial charge on any atom is 0.226 e. The maximum absolute atomic E-state index is 5.61. The first-order valence-electron chi connectivity index (χ1n) is 8.90. The van der Waals surface area contributed by atoms with E-state index < -0.39 is 0 Å². The molecule has 0 amide bonds. The Morgan fingerprint density at radius 2 is 2.00 bits per heavy atom. The smallest absolute Gasteiger partial charge is 0.226 e. The highest BCUT2D eigenvalue weighted by Crippen LogP contribution is 2.18. The average molecular weight is 493 g/mol. The average Bonchev–Trinajstić information content (AvgIpc) is 3.20. The summed E-state index contributed by atoms with van der Waals surface area (Å²) < 4.78 is 11.2. The molecule has 0 fully saturated rings. The van der Waals surface area contributed by atoms with Gasteiger partial charge in [0.1, 0.15) is 24.3 Å². The number of aliphatic imine (C=N–C) groups is 1. The Kier molecular flexibility index (Phi) is 9.26. The summed E-state index contributed by atoms with van der Waals surface area (Å²) in [5, 5.41) is 6.44. The monoisotopic (exact) mass is 493 g/mol. The zero-order valence-corrected chi connectivity index (χ0v) is 18.0. The van der Waals surface area contributed by atoms with Gasteiger partial charge < -0.3 is 19.8 Å². The molecule has 0 bridgehead atoms. The first-order valence-corrected chi connectivity index (χ1v) is 8.90. The summed E-state index contributed by atoms with van der Waals surface area (Å²) >= 11 is 0. The van der Waals surface area contributed by atoms with Gasteiger partial charge in [-0.2, -0.15) is 0 Å². The van der Waals surface area contributed by atoms with Gasteiger partial charge in [0.25, 0.3) is 0 Å². The molecule has 3 rings (SSSR count). The Bertz CT molecular complexity index is 840. The third-order valence-electron chi connectivity index (χ3n) is 3.61. The van der Waals surface area contributed by atoms with E-state index in [1.165, 1.54) is 0 Å². The number of pyridine rings is 1. The van der Waals surface area contributed by atoms with Crippen molar-refractivity contribution in [2.24, 2.45) is 4.99 Å². The molecule has 0 aliphatic rings. The van der Waals surface area contributed by atoms with Crippen LogP contribution in [0.3, 0.4) is 0 Å². The van der Waals surface area contributed by atoms with Crippen LogP contribution in [-0.4, -0.2) is 35.6 Å². The van der Waals surface area contributed by atoms with Crippen molar-refractivity contribution in [3.8, 4) is 17.2 Å². The van der Waals surface area contributed by atoms with Crippen molar-refractivity contribution in [3.63, 3.8) is 0 Å². The SMILES string of the molecule is CCNC(=NCc1coc(-c2ccccc2)n1)NCCOc1cccnc1.I. The first kappa shape index (κ1) is 21.7. The quantitative estimate of drug-likeness (QED) is 0.216. The number of hydrogen-bond acceptors (Lipinski definition) is 5. The Labute approximate surface area is 181 Å². The van der Waals surface area contributed by atoms with E-state index in [1.807, 2.05) is 49.4 Å². The minimum atomic E-state index is 0.